The minimum absolute atomic E-state index is 0. The predicted molar refractivity (Wildman–Crippen MR) is 142 cm³/mol. The molecule has 35 heavy (non-hydrogen) atoms. The molecule has 0 aliphatic rings. The van der Waals surface area contributed by atoms with Gasteiger partial charge in [-0.1, -0.05) is 82.4 Å². The van der Waals surface area contributed by atoms with Crippen LogP contribution in [0.4, 0.5) is 11.4 Å². The molecular weight excluding hydrogens is 458 g/mol. The Morgan fingerprint density at radius 1 is 0.771 bits per heavy atom. The van der Waals surface area contributed by atoms with Gasteiger partial charge in [-0.25, -0.2) is 0 Å². The van der Waals surface area contributed by atoms with Gasteiger partial charge in [0.25, 0.3) is 0 Å². The van der Waals surface area contributed by atoms with Gasteiger partial charge >= 0.3 is 0 Å². The Kier molecular flexibility index (Phi) is 15.5. The normalized spacial score (nSPS) is 11.7. The van der Waals surface area contributed by atoms with Gasteiger partial charge in [0.05, 0.1) is 37.6 Å². The molecule has 0 unspecified atom stereocenters. The monoisotopic (exact) mass is 503 g/mol. The van der Waals surface area contributed by atoms with E-state index in [-0.39, 0.29) is 18.2 Å². The highest BCUT2D eigenvalue weighted by Gasteiger charge is 2.19. The number of halogens is 1. The summed E-state index contributed by atoms with van der Waals surface area (Å²) in [6.45, 7) is 6.40. The molecule has 0 amide bonds. The first-order valence-corrected chi connectivity index (χ1v) is 13.1. The van der Waals surface area contributed by atoms with Crippen LogP contribution in [0.2, 0.25) is 0 Å². The lowest BCUT2D eigenvalue weighted by Gasteiger charge is -2.29. The lowest BCUT2D eigenvalue weighted by molar-refractivity contribution is -0.922. The molecule has 0 bridgehead atoms. The van der Waals surface area contributed by atoms with Gasteiger partial charge in [0.15, 0.2) is 6.73 Å². The number of benzene rings is 2. The van der Waals surface area contributed by atoms with E-state index < -0.39 is 0 Å². The van der Waals surface area contributed by atoms with E-state index in [1.165, 1.54) is 63.4 Å². The summed E-state index contributed by atoms with van der Waals surface area (Å²) in [5.41, 5.74) is 3.60. The van der Waals surface area contributed by atoms with Crippen molar-refractivity contribution in [1.82, 2.24) is 0 Å². The van der Waals surface area contributed by atoms with Crippen molar-refractivity contribution < 1.29 is 26.7 Å². The van der Waals surface area contributed by atoms with E-state index in [1.54, 1.807) is 12.1 Å². The minimum atomic E-state index is 0. The van der Waals surface area contributed by atoms with Crippen LogP contribution in [0.5, 0.6) is 5.75 Å². The van der Waals surface area contributed by atoms with Crippen LogP contribution in [0.15, 0.2) is 52.7 Å². The number of azo groups is 1. The molecule has 2 aromatic rings. The van der Waals surface area contributed by atoms with Crippen LogP contribution >= 0.6 is 0 Å². The number of hydrogen-bond donors (Lipinski definition) is 1. The fraction of sp³-hybridized carbons (Fsp3) is 0.586. The second-order valence-electron chi connectivity index (χ2n) is 10.2. The molecule has 0 aliphatic carbocycles. The standard InChI is InChI=1S/C29H45N3O2.ClH/c1-5-6-7-8-9-10-11-12-13-14-21-34-24-32(3,4)23-26-22-28(19-20-29(26)33)31-30-27-17-15-25(2)16-18-27;/h15-20,22H,5-14,21,23-24H2,1-4H3;1H. The Labute approximate surface area is 219 Å². The van der Waals surface area contributed by atoms with Crippen LogP contribution in [-0.4, -0.2) is 37.0 Å². The van der Waals surface area contributed by atoms with Crippen LogP contribution in [-0.2, 0) is 11.3 Å². The van der Waals surface area contributed by atoms with Crippen molar-refractivity contribution >= 4 is 11.4 Å². The third-order valence-corrected chi connectivity index (χ3v) is 6.06. The third kappa shape index (κ3) is 13.6. The van der Waals surface area contributed by atoms with Crippen LogP contribution in [0.3, 0.4) is 0 Å². The predicted octanol–water partition coefficient (Wildman–Crippen LogP) is 5.59. The number of unbranched alkanes of at least 4 members (excludes halogenated alkanes) is 9. The van der Waals surface area contributed by atoms with Gasteiger partial charge in [-0.05, 0) is 43.7 Å². The molecule has 0 radical (unpaired) electrons. The maximum Gasteiger partial charge on any atom is 0.182 e. The topological polar surface area (TPSA) is 54.2 Å². The third-order valence-electron chi connectivity index (χ3n) is 6.06. The second kappa shape index (κ2) is 17.5. The number of hydrogen-bond acceptors (Lipinski definition) is 4. The SMILES string of the molecule is CCCCCCCCCCCCOC[N+](C)(C)Cc1cc(N=Nc2ccc(C)cc2)ccc1O.[Cl-]. The maximum absolute atomic E-state index is 10.4. The van der Waals surface area contributed by atoms with Crippen molar-refractivity contribution in [2.24, 2.45) is 10.2 Å². The highest BCUT2D eigenvalue weighted by atomic mass is 35.5. The summed E-state index contributed by atoms with van der Waals surface area (Å²) in [7, 11) is 4.25. The number of ether oxygens (including phenoxy) is 1. The largest absolute Gasteiger partial charge is 1.00 e. The molecule has 0 fully saturated rings. The average molecular weight is 504 g/mol. The zero-order valence-corrected chi connectivity index (χ0v) is 23.1. The van der Waals surface area contributed by atoms with E-state index in [1.807, 2.05) is 37.3 Å². The summed E-state index contributed by atoms with van der Waals surface area (Å²) in [6, 6.07) is 13.3. The van der Waals surface area contributed by atoms with Crippen LogP contribution < -0.4 is 12.4 Å². The van der Waals surface area contributed by atoms with Gasteiger partial charge in [0.2, 0.25) is 0 Å². The Morgan fingerprint density at radius 2 is 1.31 bits per heavy atom. The van der Waals surface area contributed by atoms with E-state index in [0.717, 1.165) is 30.0 Å². The van der Waals surface area contributed by atoms with E-state index in [4.69, 9.17) is 4.74 Å². The number of phenolic OH excluding ortho intramolecular Hbond substituents is 1. The number of phenols is 1. The summed E-state index contributed by atoms with van der Waals surface area (Å²) >= 11 is 0. The molecule has 0 spiro atoms. The van der Waals surface area contributed by atoms with Gasteiger partial charge < -0.3 is 26.7 Å². The zero-order valence-electron chi connectivity index (χ0n) is 22.3. The maximum atomic E-state index is 10.4. The van der Waals surface area contributed by atoms with E-state index in [0.29, 0.717) is 17.8 Å². The van der Waals surface area contributed by atoms with Gasteiger partial charge in [-0.15, -0.1) is 0 Å². The molecule has 2 rings (SSSR count). The average Bonchev–Trinajstić information content (AvgIpc) is 2.81. The molecule has 2 aromatic carbocycles. The Hall–Kier alpha value is -1.95. The van der Waals surface area contributed by atoms with Crippen molar-refractivity contribution in [2.45, 2.75) is 84.6 Å². The number of aromatic hydroxyl groups is 1. The second-order valence-corrected chi connectivity index (χ2v) is 10.2. The highest BCUT2D eigenvalue weighted by molar-refractivity contribution is 5.47. The van der Waals surface area contributed by atoms with Crippen LogP contribution in [0, 0.1) is 6.92 Å². The first kappa shape index (κ1) is 31.1. The summed E-state index contributed by atoms with van der Waals surface area (Å²) in [5, 5.41) is 19.0. The molecule has 0 aliphatic heterocycles. The van der Waals surface area contributed by atoms with Crippen molar-refractivity contribution in [1.29, 1.82) is 0 Å². The van der Waals surface area contributed by atoms with Crippen molar-refractivity contribution in [3.05, 3.63) is 53.6 Å². The highest BCUT2D eigenvalue weighted by Crippen LogP contribution is 2.27. The molecular formula is C29H46ClN3O2. The van der Waals surface area contributed by atoms with Gasteiger partial charge in [-0.3, -0.25) is 0 Å². The number of nitrogens with zero attached hydrogens (tertiary/aromatic N) is 3. The Bertz CT molecular complexity index is 854. The Morgan fingerprint density at radius 3 is 1.94 bits per heavy atom. The summed E-state index contributed by atoms with van der Waals surface area (Å²) in [4.78, 5) is 0. The number of quaternary nitrogens is 1. The number of rotatable bonds is 17. The van der Waals surface area contributed by atoms with Crippen LogP contribution in [0.1, 0.15) is 82.3 Å². The van der Waals surface area contributed by atoms with Crippen molar-refractivity contribution in [3.8, 4) is 5.75 Å². The van der Waals surface area contributed by atoms with Crippen molar-refractivity contribution in [3.63, 3.8) is 0 Å². The molecule has 0 saturated carbocycles. The molecule has 0 heterocycles. The van der Waals surface area contributed by atoms with Crippen LogP contribution in [0.25, 0.3) is 0 Å². The zero-order chi connectivity index (χ0) is 24.7. The molecule has 0 aromatic heterocycles. The molecule has 1 N–H and O–H groups in total. The van der Waals surface area contributed by atoms with Gasteiger partial charge in [0, 0.05) is 0 Å². The smallest absolute Gasteiger partial charge is 0.182 e. The molecule has 5 nitrogen and oxygen atoms in total. The molecule has 0 saturated heterocycles. The quantitative estimate of drug-likeness (QED) is 0.132. The lowest BCUT2D eigenvalue weighted by Crippen LogP contribution is -3.00. The lowest BCUT2D eigenvalue weighted by atomic mass is 10.1. The number of aryl methyl sites for hydroxylation is 1. The Balaban J connectivity index is 0.00000612. The molecule has 196 valence electrons. The fourth-order valence-corrected chi connectivity index (χ4v) is 4.00. The molecule has 6 heteroatoms. The van der Waals surface area contributed by atoms with Gasteiger partial charge in [0.1, 0.15) is 12.3 Å². The minimum Gasteiger partial charge on any atom is -1.00 e. The van der Waals surface area contributed by atoms with Gasteiger partial charge in [-0.2, -0.15) is 10.2 Å². The fourth-order valence-electron chi connectivity index (χ4n) is 4.00. The van der Waals surface area contributed by atoms with E-state index in [2.05, 4.69) is 31.2 Å². The first-order valence-electron chi connectivity index (χ1n) is 13.1. The molecule has 0 atom stereocenters. The summed E-state index contributed by atoms with van der Waals surface area (Å²) in [5.74, 6) is 0.287. The van der Waals surface area contributed by atoms with Crippen molar-refractivity contribution in [2.75, 3.05) is 27.4 Å². The first-order chi connectivity index (χ1) is 16.4. The summed E-state index contributed by atoms with van der Waals surface area (Å²) in [6.07, 6.45) is 13.3. The van der Waals surface area contributed by atoms with E-state index >= 15 is 0 Å². The summed E-state index contributed by atoms with van der Waals surface area (Å²) < 4.78 is 6.62. The van der Waals surface area contributed by atoms with E-state index in [9.17, 15) is 5.11 Å².